The number of benzene rings is 3. The lowest BCUT2D eigenvalue weighted by atomic mass is 9.89. The molecule has 3 aromatic carbocycles. The van der Waals surface area contributed by atoms with Crippen molar-refractivity contribution in [3.8, 4) is 34.5 Å². The zero-order valence-corrected chi connectivity index (χ0v) is 28.7. The molecule has 0 bridgehead atoms. The van der Waals surface area contributed by atoms with Gasteiger partial charge in [-0.2, -0.15) is 0 Å². The van der Waals surface area contributed by atoms with E-state index in [1.54, 1.807) is 33.1 Å². The number of carbonyl (C=O) groups excluding carboxylic acids is 1. The number of aliphatic hydroxyl groups excluding tert-OH is 1. The molecular weight excluding hydrogens is 628 g/mol. The number of rotatable bonds is 7. The molecular formula is C39H42O10. The summed E-state index contributed by atoms with van der Waals surface area (Å²) in [6, 6.07) is 12.7. The first-order valence-corrected chi connectivity index (χ1v) is 15.9. The van der Waals surface area contributed by atoms with Crippen molar-refractivity contribution >= 4 is 22.8 Å². The van der Waals surface area contributed by atoms with E-state index in [0.717, 1.165) is 11.1 Å². The Morgan fingerprint density at radius 1 is 0.980 bits per heavy atom. The fourth-order valence-corrected chi connectivity index (χ4v) is 5.52. The van der Waals surface area contributed by atoms with E-state index < -0.39 is 22.9 Å². The number of phenols is 2. The number of hydrogen-bond acceptors (Lipinski definition) is 10. The molecule has 1 atom stereocenters. The van der Waals surface area contributed by atoms with E-state index in [1.807, 2.05) is 58.1 Å². The van der Waals surface area contributed by atoms with Crippen LogP contribution >= 0.6 is 0 Å². The number of fused-ring (bicyclic) bond motifs is 3. The summed E-state index contributed by atoms with van der Waals surface area (Å²) in [7, 11) is 1.56. The average Bonchev–Trinajstić information content (AvgIpc) is 3.01. The third kappa shape index (κ3) is 7.92. The van der Waals surface area contributed by atoms with Crippen LogP contribution in [0.4, 0.5) is 0 Å². The van der Waals surface area contributed by atoms with Gasteiger partial charge in [-0.1, -0.05) is 11.6 Å². The molecule has 4 aromatic rings. The summed E-state index contributed by atoms with van der Waals surface area (Å²) in [6.45, 7) is 11.8. The first-order valence-electron chi connectivity index (χ1n) is 15.9. The normalized spacial score (nSPS) is 16.5. The van der Waals surface area contributed by atoms with Gasteiger partial charge in [-0.15, -0.1) is 0 Å². The minimum absolute atomic E-state index is 0.0264. The molecule has 49 heavy (non-hydrogen) atoms. The smallest absolute Gasteiger partial charge is 0.336 e. The number of carbonyl (C=O) groups is 1. The van der Waals surface area contributed by atoms with Gasteiger partial charge in [0.25, 0.3) is 0 Å². The Balaban J connectivity index is 0.000000221. The minimum Gasteiger partial charge on any atom is -0.507 e. The average molecular weight is 671 g/mol. The third-order valence-electron chi connectivity index (χ3n) is 8.32. The number of methoxy groups -OCH3 is 1. The summed E-state index contributed by atoms with van der Waals surface area (Å²) in [4.78, 5) is 24.2. The van der Waals surface area contributed by atoms with E-state index in [0.29, 0.717) is 58.1 Å². The second kappa shape index (κ2) is 13.7. The largest absolute Gasteiger partial charge is 0.507 e. The fraction of sp³-hybridized carbons (Fsp3) is 0.333. The molecule has 6 rings (SSSR count). The number of ketones is 1. The van der Waals surface area contributed by atoms with E-state index in [1.165, 1.54) is 24.3 Å². The monoisotopic (exact) mass is 670 g/mol. The van der Waals surface area contributed by atoms with Crippen LogP contribution in [0.5, 0.6) is 34.5 Å². The molecule has 0 aliphatic carbocycles. The first-order chi connectivity index (χ1) is 23.1. The lowest BCUT2D eigenvalue weighted by molar-refractivity contribution is -0.0412. The van der Waals surface area contributed by atoms with Gasteiger partial charge < -0.3 is 38.7 Å². The van der Waals surface area contributed by atoms with Crippen LogP contribution in [0.3, 0.4) is 0 Å². The summed E-state index contributed by atoms with van der Waals surface area (Å²) in [5.41, 5.74) is 2.31. The number of allylic oxidation sites excluding steroid dienone is 1. The van der Waals surface area contributed by atoms with Crippen LogP contribution in [-0.4, -0.2) is 52.1 Å². The first kappa shape index (κ1) is 35.1. The summed E-state index contributed by atoms with van der Waals surface area (Å²) in [5, 5.41) is 31.3. The van der Waals surface area contributed by atoms with Crippen LogP contribution in [0.2, 0.25) is 0 Å². The van der Waals surface area contributed by atoms with Crippen LogP contribution in [0.1, 0.15) is 68.6 Å². The Morgan fingerprint density at radius 3 is 2.45 bits per heavy atom. The predicted molar refractivity (Wildman–Crippen MR) is 186 cm³/mol. The van der Waals surface area contributed by atoms with Crippen molar-refractivity contribution in [1.29, 1.82) is 0 Å². The van der Waals surface area contributed by atoms with E-state index in [4.69, 9.17) is 23.4 Å². The van der Waals surface area contributed by atoms with Gasteiger partial charge in [0.2, 0.25) is 0 Å². The van der Waals surface area contributed by atoms with Crippen molar-refractivity contribution in [3.05, 3.63) is 98.9 Å². The quantitative estimate of drug-likeness (QED) is 0.108. The van der Waals surface area contributed by atoms with Crippen molar-refractivity contribution < 1.29 is 43.5 Å². The number of ether oxygens (including phenoxy) is 4. The molecule has 10 nitrogen and oxygen atoms in total. The highest BCUT2D eigenvalue weighted by atomic mass is 16.5. The van der Waals surface area contributed by atoms with Gasteiger partial charge >= 0.3 is 5.63 Å². The van der Waals surface area contributed by atoms with Crippen LogP contribution in [-0.2, 0) is 12.8 Å². The zero-order chi connectivity index (χ0) is 35.7. The standard InChI is InChI=1S/C25H28O6.C14H14O4/c1-24(2)9-8-16-20(30-24)7-6-14(23(16)29-5)11-18(26)17-10-15-12-22(28)25(3,4)31-21(15)13-19(17)27;1-9(2)5-6-17-13-8-12-10(7-11(13)15)3-4-14(16)18-12/h6-10,13,22,27-28H,11-12H2,1-5H3;3-5,7-8,15H,6H2,1-2H3. The molecule has 0 fully saturated rings. The van der Waals surface area contributed by atoms with E-state index in [-0.39, 0.29) is 29.3 Å². The van der Waals surface area contributed by atoms with E-state index in [9.17, 15) is 24.9 Å². The van der Waals surface area contributed by atoms with Crippen LogP contribution in [0, 0.1) is 0 Å². The van der Waals surface area contributed by atoms with Gasteiger partial charge in [-0.3, -0.25) is 4.79 Å². The van der Waals surface area contributed by atoms with Gasteiger partial charge in [-0.05, 0) is 89.6 Å². The lowest BCUT2D eigenvalue weighted by Crippen LogP contribution is -2.46. The van der Waals surface area contributed by atoms with Crippen molar-refractivity contribution in [2.45, 2.75) is 71.7 Å². The van der Waals surface area contributed by atoms with E-state index >= 15 is 0 Å². The van der Waals surface area contributed by atoms with Gasteiger partial charge in [0.1, 0.15) is 46.4 Å². The van der Waals surface area contributed by atoms with Crippen molar-refractivity contribution in [2.24, 2.45) is 0 Å². The van der Waals surface area contributed by atoms with Crippen molar-refractivity contribution in [1.82, 2.24) is 0 Å². The summed E-state index contributed by atoms with van der Waals surface area (Å²) in [5.74, 6) is 1.70. The summed E-state index contributed by atoms with van der Waals surface area (Å²) >= 11 is 0. The Kier molecular flexibility index (Phi) is 9.83. The SMILES string of the molecule is CC(C)=CCOc1cc2oc(=O)ccc2cc1O.COc1c(CC(=O)c2cc3c(cc2O)OC(C)(C)C(O)C3)ccc2c1C=CC(C)(C)O2. The highest BCUT2D eigenvalue weighted by molar-refractivity contribution is 6.01. The second-order valence-corrected chi connectivity index (χ2v) is 13.4. The topological polar surface area (TPSA) is 145 Å². The molecule has 2 aliphatic heterocycles. The molecule has 10 heteroatoms. The van der Waals surface area contributed by atoms with Crippen molar-refractivity contribution in [3.63, 3.8) is 0 Å². The summed E-state index contributed by atoms with van der Waals surface area (Å²) in [6.07, 6.45) is 5.49. The molecule has 0 spiro atoms. The highest BCUT2D eigenvalue weighted by Gasteiger charge is 2.36. The second-order valence-electron chi connectivity index (χ2n) is 13.4. The Labute approximate surface area is 284 Å². The number of aromatic hydroxyl groups is 2. The van der Waals surface area contributed by atoms with Gasteiger partial charge in [0.15, 0.2) is 17.3 Å². The van der Waals surface area contributed by atoms with Crippen molar-refractivity contribution in [2.75, 3.05) is 13.7 Å². The Hall–Kier alpha value is -5.22. The molecule has 3 heterocycles. The number of aliphatic hydroxyl groups is 1. The third-order valence-corrected chi connectivity index (χ3v) is 8.32. The number of hydrogen-bond donors (Lipinski definition) is 3. The molecule has 3 N–H and O–H groups in total. The zero-order valence-electron chi connectivity index (χ0n) is 28.7. The maximum absolute atomic E-state index is 13.1. The maximum Gasteiger partial charge on any atom is 0.336 e. The maximum atomic E-state index is 13.1. The highest BCUT2D eigenvalue weighted by Crippen LogP contribution is 2.41. The van der Waals surface area contributed by atoms with Gasteiger partial charge in [0, 0.05) is 42.0 Å². The number of phenolic OH excluding ortho intramolecular Hbond substituents is 2. The van der Waals surface area contributed by atoms with Gasteiger partial charge in [-0.25, -0.2) is 4.79 Å². The van der Waals surface area contributed by atoms with Gasteiger partial charge in [0.05, 0.1) is 24.3 Å². The number of Topliss-reactive ketones (excluding diaryl/α,β-unsaturated/α-hetero) is 1. The predicted octanol–water partition coefficient (Wildman–Crippen LogP) is 6.93. The molecule has 1 aromatic heterocycles. The molecule has 0 radical (unpaired) electrons. The van der Waals surface area contributed by atoms with Crippen LogP contribution in [0.15, 0.2) is 75.5 Å². The molecule has 0 saturated carbocycles. The lowest BCUT2D eigenvalue weighted by Gasteiger charge is -2.37. The molecule has 1 unspecified atom stereocenters. The minimum atomic E-state index is -0.758. The Morgan fingerprint density at radius 2 is 1.73 bits per heavy atom. The van der Waals surface area contributed by atoms with E-state index in [2.05, 4.69) is 0 Å². The summed E-state index contributed by atoms with van der Waals surface area (Å²) < 4.78 is 27.8. The van der Waals surface area contributed by atoms with Crippen LogP contribution in [0.25, 0.3) is 17.0 Å². The fourth-order valence-electron chi connectivity index (χ4n) is 5.52. The molecule has 0 saturated heterocycles. The molecule has 2 aliphatic rings. The molecule has 258 valence electrons. The molecule has 0 amide bonds. The Bertz CT molecular complexity index is 2010. The van der Waals surface area contributed by atoms with Crippen LogP contribution < -0.4 is 24.6 Å².